The molecule has 0 aromatic heterocycles. The van der Waals surface area contributed by atoms with E-state index in [4.69, 9.17) is 5.11 Å². The van der Waals surface area contributed by atoms with Crippen molar-refractivity contribution in [3.8, 4) is 0 Å². The average molecular weight is 198 g/mol. The summed E-state index contributed by atoms with van der Waals surface area (Å²) < 4.78 is 0. The molecule has 10 heavy (non-hydrogen) atoms. The molecular weight excluding hydrogens is 188 g/mol. The topological polar surface area (TPSA) is 54.4 Å². The van der Waals surface area contributed by atoms with Crippen molar-refractivity contribution in [1.29, 1.82) is 0 Å². The minimum atomic E-state index is -1.40. The average Bonchev–Trinajstić information content (AvgIpc) is 1.65. The number of hydrogen-bond donors (Lipinski definition) is 1. The van der Waals surface area contributed by atoms with E-state index in [2.05, 4.69) is 0 Å². The monoisotopic (exact) mass is 198 g/mol. The molecule has 0 spiro atoms. The van der Waals surface area contributed by atoms with Gasteiger partial charge >= 0.3 is 75.5 Å². The summed E-state index contributed by atoms with van der Waals surface area (Å²) in [5.74, 6) is -2.26. The molecule has 0 aliphatic rings. The molecule has 0 atom stereocenters. The maximum Gasteiger partial charge on any atom is 2.00 e. The second-order valence-electron chi connectivity index (χ2n) is 0.958. The number of carbonyl (C=O) groups is 2. The first kappa shape index (κ1) is 22.5. The second kappa shape index (κ2) is 13.1. The number of hydrogen-bond acceptors (Lipinski definition) is 2. The molecule has 3 nitrogen and oxygen atoms in total. The van der Waals surface area contributed by atoms with Gasteiger partial charge in [-0.3, -0.25) is 0 Å². The van der Waals surface area contributed by atoms with E-state index in [0.717, 1.165) is 6.42 Å². The van der Waals surface area contributed by atoms with Gasteiger partial charge in [0, 0.05) is 0 Å². The van der Waals surface area contributed by atoms with Gasteiger partial charge in [0.25, 0.3) is 0 Å². The third kappa shape index (κ3) is 12.2. The van der Waals surface area contributed by atoms with Crippen LogP contribution in [0.4, 0.5) is 0 Å². The van der Waals surface area contributed by atoms with Crippen LogP contribution in [0.1, 0.15) is 9.78 Å². The zero-order chi connectivity index (χ0) is 5.86. The predicted molar refractivity (Wildman–Crippen MR) is 42.8 cm³/mol. The largest absolute Gasteiger partial charge is 2.00 e. The summed E-state index contributed by atoms with van der Waals surface area (Å²) in [7, 11) is 0. The van der Waals surface area contributed by atoms with E-state index in [1.165, 1.54) is 6.92 Å². The molecule has 0 fully saturated rings. The van der Waals surface area contributed by atoms with E-state index in [1.807, 2.05) is 0 Å². The van der Waals surface area contributed by atoms with Gasteiger partial charge in [-0.05, 0) is 0 Å². The van der Waals surface area contributed by atoms with Crippen LogP contribution in [0.5, 0.6) is 0 Å². The molecule has 0 radical (unpaired) electrons. The van der Waals surface area contributed by atoms with Crippen LogP contribution in [-0.4, -0.2) is 92.3 Å². The van der Waals surface area contributed by atoms with Gasteiger partial charge in [0.1, 0.15) is 0 Å². The van der Waals surface area contributed by atoms with E-state index in [-0.39, 0.29) is 85.8 Å². The minimum absolute atomic E-state index is 0. The van der Waals surface area contributed by atoms with Crippen molar-refractivity contribution in [2.45, 2.75) is 6.92 Å². The third-order valence-corrected chi connectivity index (χ3v) is 0.473. The Morgan fingerprint density at radius 2 is 1.70 bits per heavy atom. The van der Waals surface area contributed by atoms with Gasteiger partial charge in [-0.25, -0.2) is 0 Å². The number of rotatable bonds is 2. The standard InChI is InChI=1S/C4H5O3.CH3.2Ca.2H/c1-2-3(5)4(6)7;;;;;/h2H,1H3,(H,6,7);1H3;;;;/q2*-1;2*+2;2*-1. The van der Waals surface area contributed by atoms with Crippen molar-refractivity contribution in [3.05, 3.63) is 13.8 Å². The first-order valence-electron chi connectivity index (χ1n) is 1.75. The molecule has 0 aromatic rings. The van der Waals surface area contributed by atoms with Crippen LogP contribution in [0.2, 0.25) is 0 Å². The Hall–Kier alpha value is 1.53. The van der Waals surface area contributed by atoms with Gasteiger partial charge in [0.05, 0.1) is 5.78 Å². The minimum Gasteiger partial charge on any atom is -1.00 e. The van der Waals surface area contributed by atoms with Gasteiger partial charge in [0.15, 0.2) is 0 Å². The number of ketones is 1. The van der Waals surface area contributed by atoms with Crippen molar-refractivity contribution >= 4 is 87.2 Å². The number of Topliss-reactive ketones (excluding diaryl/α,β-unsaturated/α-hetero) is 1. The molecular formula is C5H10Ca2O3. The summed E-state index contributed by atoms with van der Waals surface area (Å²) in [5, 5.41) is 7.80. The van der Waals surface area contributed by atoms with Gasteiger partial charge in [0.2, 0.25) is 5.97 Å². The third-order valence-electron chi connectivity index (χ3n) is 0.473. The predicted octanol–water partition coefficient (Wildman–Crippen LogP) is -0.222. The van der Waals surface area contributed by atoms with Crippen LogP contribution in [0.3, 0.4) is 0 Å². The van der Waals surface area contributed by atoms with Crippen molar-refractivity contribution in [3.63, 3.8) is 0 Å². The van der Waals surface area contributed by atoms with Crippen molar-refractivity contribution in [2.24, 2.45) is 0 Å². The van der Waals surface area contributed by atoms with Crippen molar-refractivity contribution in [1.82, 2.24) is 0 Å². The number of carboxylic acid groups (broad SMARTS) is 1. The van der Waals surface area contributed by atoms with Crippen LogP contribution in [0, 0.1) is 13.8 Å². The zero-order valence-electron chi connectivity index (χ0n) is 8.26. The molecule has 0 heterocycles. The summed E-state index contributed by atoms with van der Waals surface area (Å²) in [6, 6.07) is 0. The van der Waals surface area contributed by atoms with Gasteiger partial charge in [-0.15, -0.1) is 6.92 Å². The zero-order valence-corrected chi connectivity index (χ0v) is 10.7. The second-order valence-corrected chi connectivity index (χ2v) is 0.958. The van der Waals surface area contributed by atoms with E-state index in [0.29, 0.717) is 0 Å². The van der Waals surface area contributed by atoms with Crippen molar-refractivity contribution < 1.29 is 17.5 Å². The van der Waals surface area contributed by atoms with E-state index < -0.39 is 11.8 Å². The van der Waals surface area contributed by atoms with Crippen LogP contribution >= 0.6 is 0 Å². The van der Waals surface area contributed by atoms with Gasteiger partial charge in [-0.1, -0.05) is 0 Å². The summed E-state index contributed by atoms with van der Waals surface area (Å²) in [6.07, 6.45) is 1.00. The van der Waals surface area contributed by atoms with Gasteiger partial charge < -0.3 is 25.0 Å². The Bertz CT molecular complexity index is 111. The molecule has 0 aliphatic carbocycles. The molecule has 0 aromatic carbocycles. The van der Waals surface area contributed by atoms with Crippen LogP contribution in [-0.2, 0) is 9.59 Å². The van der Waals surface area contributed by atoms with Crippen LogP contribution in [0.15, 0.2) is 0 Å². The quantitative estimate of drug-likeness (QED) is 0.379. The van der Waals surface area contributed by atoms with Gasteiger partial charge in [-0.2, -0.15) is 6.42 Å². The summed E-state index contributed by atoms with van der Waals surface area (Å²) in [6.45, 7) is 1.39. The van der Waals surface area contributed by atoms with Crippen molar-refractivity contribution in [2.75, 3.05) is 0 Å². The van der Waals surface area contributed by atoms with E-state index in [9.17, 15) is 9.59 Å². The Morgan fingerprint density at radius 3 is 1.70 bits per heavy atom. The fourth-order valence-electron chi connectivity index (χ4n) is 0.123. The fraction of sp³-hybridized carbons (Fsp3) is 0.200. The molecule has 0 saturated carbocycles. The molecule has 52 valence electrons. The SMILES string of the molecule is C[CH-]C(=O)C(=O)O.[CH3-].[Ca+2].[Ca+2].[H-].[H-]. The fourth-order valence-corrected chi connectivity index (χ4v) is 0.123. The molecule has 0 saturated heterocycles. The summed E-state index contributed by atoms with van der Waals surface area (Å²) in [5.41, 5.74) is 0. The molecule has 0 aliphatic heterocycles. The first-order chi connectivity index (χ1) is 3.18. The molecule has 0 amide bonds. The molecule has 0 unspecified atom stereocenters. The molecule has 0 bridgehead atoms. The van der Waals surface area contributed by atoms with E-state index in [1.54, 1.807) is 0 Å². The maximum absolute atomic E-state index is 9.86. The molecule has 0 rings (SSSR count). The Morgan fingerprint density at radius 1 is 1.40 bits per heavy atom. The Labute approximate surface area is 124 Å². The normalized spacial score (nSPS) is 5.30. The number of aliphatic carboxylic acids is 1. The van der Waals surface area contributed by atoms with E-state index >= 15 is 0 Å². The summed E-state index contributed by atoms with van der Waals surface area (Å²) in [4.78, 5) is 19.4. The number of carboxylic acids is 1. The smallest absolute Gasteiger partial charge is 1.00 e. The number of carbonyl (C=O) groups excluding carboxylic acids is 1. The molecule has 1 N–H and O–H groups in total. The Balaban J connectivity index is -0.0000000180. The Kier molecular flexibility index (Phi) is 29.6. The molecule has 5 heteroatoms. The van der Waals surface area contributed by atoms with Crippen LogP contribution in [0.25, 0.3) is 0 Å². The maximum atomic E-state index is 9.86. The summed E-state index contributed by atoms with van der Waals surface area (Å²) >= 11 is 0. The first-order valence-corrected chi connectivity index (χ1v) is 1.75. The van der Waals surface area contributed by atoms with Crippen LogP contribution < -0.4 is 0 Å².